The molecular weight excluding hydrogens is 503 g/mol. The van der Waals surface area contributed by atoms with Gasteiger partial charge in [-0.15, -0.1) is 0 Å². The van der Waals surface area contributed by atoms with Gasteiger partial charge in [0, 0.05) is 39.6 Å². The Morgan fingerprint density at radius 1 is 1.26 bits per heavy atom. The molecule has 0 amide bonds. The smallest absolute Gasteiger partial charge is 0.192 e. The van der Waals surface area contributed by atoms with Crippen LogP contribution in [0.1, 0.15) is 41.2 Å². The topological polar surface area (TPSA) is 120 Å². The molecule has 0 fully saturated rings. The Bertz CT molecular complexity index is 1380. The third kappa shape index (κ3) is 5.06. The summed E-state index contributed by atoms with van der Waals surface area (Å²) in [7, 11) is 0. The number of aryl methyl sites for hydroxylation is 1. The summed E-state index contributed by atoms with van der Waals surface area (Å²) in [5.41, 5.74) is 6.70. The summed E-state index contributed by atoms with van der Waals surface area (Å²) in [6.07, 6.45) is 1.36. The van der Waals surface area contributed by atoms with Crippen molar-refractivity contribution >= 4 is 21.7 Å². The molecule has 0 aliphatic rings. The van der Waals surface area contributed by atoms with Crippen LogP contribution in [0.15, 0.2) is 53.1 Å². The van der Waals surface area contributed by atoms with Crippen LogP contribution in [0.4, 0.5) is 10.2 Å². The number of pyridine rings is 2. The van der Waals surface area contributed by atoms with Crippen LogP contribution in [0.5, 0.6) is 5.75 Å². The van der Waals surface area contributed by atoms with Crippen molar-refractivity contribution in [3.63, 3.8) is 0 Å². The summed E-state index contributed by atoms with van der Waals surface area (Å²) in [4.78, 5) is 8.82. The van der Waals surface area contributed by atoms with Crippen LogP contribution in [-0.4, -0.2) is 25.4 Å². The fourth-order valence-electron chi connectivity index (χ4n) is 3.61. The number of H-pyrrole nitrogens is 1. The number of hydrogen-bond donors (Lipinski definition) is 3. The van der Waals surface area contributed by atoms with Crippen molar-refractivity contribution < 1.29 is 14.3 Å². The second-order valence-electron chi connectivity index (χ2n) is 7.63. The average molecular weight is 523 g/mol. The number of nitrogens with one attached hydrogen (secondary N) is 2. The molecular formula is C24H20BrFN6O2. The van der Waals surface area contributed by atoms with E-state index in [1.54, 1.807) is 25.1 Å². The standard InChI is InChI=1S/C24H20BrFN6O2/c1-13-3-4-15(7-18-10-19(11-27)31-30-18)23(29-13)20-6-5-17(26)9-21(20)14(2)34-22-8-16(25)12-28-24(22)32-33/h3-6,8-10,12,14,33H,7H2,1-2H3,(H,28,32)(H,30,31)/t14-/m1/s1. The fraction of sp³-hybridized carbons (Fsp3) is 0.167. The molecule has 0 unspecified atom stereocenters. The molecule has 0 saturated heterocycles. The van der Waals surface area contributed by atoms with Crippen molar-refractivity contribution in [1.82, 2.24) is 20.2 Å². The lowest BCUT2D eigenvalue weighted by Crippen LogP contribution is -2.09. The lowest BCUT2D eigenvalue weighted by molar-refractivity contribution is 0.225. The fourth-order valence-corrected chi connectivity index (χ4v) is 3.92. The van der Waals surface area contributed by atoms with Gasteiger partial charge in [-0.25, -0.2) is 14.9 Å². The minimum Gasteiger partial charge on any atom is -0.482 e. The molecule has 172 valence electrons. The van der Waals surface area contributed by atoms with E-state index in [1.165, 1.54) is 18.3 Å². The molecule has 4 aromatic rings. The first kappa shape index (κ1) is 23.4. The van der Waals surface area contributed by atoms with Gasteiger partial charge in [-0.1, -0.05) is 6.07 Å². The van der Waals surface area contributed by atoms with Gasteiger partial charge in [0.25, 0.3) is 0 Å². The maximum absolute atomic E-state index is 14.3. The summed E-state index contributed by atoms with van der Waals surface area (Å²) in [5, 5.41) is 25.3. The third-order valence-electron chi connectivity index (χ3n) is 5.18. The molecule has 0 bridgehead atoms. The molecule has 4 rings (SSSR count). The number of hydrogen-bond acceptors (Lipinski definition) is 7. The van der Waals surface area contributed by atoms with E-state index in [0.29, 0.717) is 39.2 Å². The number of aromatic nitrogens is 4. The molecule has 8 nitrogen and oxygen atoms in total. The van der Waals surface area contributed by atoms with Crippen LogP contribution in [0.25, 0.3) is 11.3 Å². The summed E-state index contributed by atoms with van der Waals surface area (Å²) >= 11 is 3.34. The van der Waals surface area contributed by atoms with E-state index in [-0.39, 0.29) is 5.82 Å². The first-order valence-corrected chi connectivity index (χ1v) is 11.1. The number of nitrogens with zero attached hydrogens (tertiary/aromatic N) is 4. The highest BCUT2D eigenvalue weighted by molar-refractivity contribution is 9.10. The van der Waals surface area contributed by atoms with Crippen molar-refractivity contribution in [3.8, 4) is 23.1 Å². The van der Waals surface area contributed by atoms with Gasteiger partial charge in [-0.3, -0.25) is 15.3 Å². The molecule has 0 radical (unpaired) electrons. The van der Waals surface area contributed by atoms with E-state index in [1.807, 2.05) is 30.6 Å². The van der Waals surface area contributed by atoms with Gasteiger partial charge in [0.1, 0.15) is 18.0 Å². The highest BCUT2D eigenvalue weighted by Crippen LogP contribution is 2.35. The quantitative estimate of drug-likeness (QED) is 0.275. The van der Waals surface area contributed by atoms with E-state index in [4.69, 9.17) is 15.0 Å². The van der Waals surface area contributed by atoms with E-state index in [0.717, 1.165) is 17.0 Å². The highest BCUT2D eigenvalue weighted by atomic mass is 79.9. The van der Waals surface area contributed by atoms with E-state index >= 15 is 0 Å². The SMILES string of the molecule is Cc1ccc(Cc2cc(C#N)n[nH]2)c(-c2ccc(F)cc2[C@@H](C)Oc2cc(Br)cnc2NO)n1. The molecule has 3 N–H and O–H groups in total. The van der Waals surface area contributed by atoms with Crippen LogP contribution in [-0.2, 0) is 6.42 Å². The lowest BCUT2D eigenvalue weighted by Gasteiger charge is -2.21. The first-order valence-electron chi connectivity index (χ1n) is 10.3. The van der Waals surface area contributed by atoms with Crippen molar-refractivity contribution in [2.45, 2.75) is 26.4 Å². The highest BCUT2D eigenvalue weighted by Gasteiger charge is 2.20. The van der Waals surface area contributed by atoms with E-state index in [9.17, 15) is 9.60 Å². The molecule has 3 heterocycles. The number of ether oxygens (including phenoxy) is 1. The number of halogens is 2. The van der Waals surface area contributed by atoms with Gasteiger partial charge in [0.2, 0.25) is 0 Å². The number of anilines is 1. The Hall–Kier alpha value is -3.81. The summed E-state index contributed by atoms with van der Waals surface area (Å²) in [6, 6.07) is 13.7. The first-order chi connectivity index (χ1) is 16.4. The number of nitriles is 1. The van der Waals surface area contributed by atoms with E-state index in [2.05, 4.69) is 31.1 Å². The van der Waals surface area contributed by atoms with Crippen molar-refractivity contribution in [2.24, 2.45) is 0 Å². The van der Waals surface area contributed by atoms with Gasteiger partial charge < -0.3 is 4.74 Å². The Morgan fingerprint density at radius 3 is 2.82 bits per heavy atom. The lowest BCUT2D eigenvalue weighted by atomic mass is 9.95. The normalized spacial score (nSPS) is 11.6. The Balaban J connectivity index is 1.76. The maximum atomic E-state index is 14.3. The van der Waals surface area contributed by atoms with Crippen molar-refractivity contribution in [1.29, 1.82) is 5.26 Å². The monoisotopic (exact) mass is 522 g/mol. The van der Waals surface area contributed by atoms with Gasteiger partial charge in [0.15, 0.2) is 17.3 Å². The molecule has 1 atom stereocenters. The predicted octanol–water partition coefficient (Wildman–Crippen LogP) is 5.48. The molecule has 0 aliphatic carbocycles. The van der Waals surface area contributed by atoms with Gasteiger partial charge in [-0.05, 0) is 71.7 Å². The third-order valence-corrected chi connectivity index (χ3v) is 5.61. The summed E-state index contributed by atoms with van der Waals surface area (Å²) in [5.74, 6) is 0.0110. The van der Waals surface area contributed by atoms with Gasteiger partial charge in [0.05, 0.1) is 5.69 Å². The number of rotatable bonds is 7. The van der Waals surface area contributed by atoms with Crippen LogP contribution < -0.4 is 10.2 Å². The molecule has 10 heteroatoms. The van der Waals surface area contributed by atoms with Crippen molar-refractivity contribution in [3.05, 3.63) is 87.2 Å². The zero-order valence-electron chi connectivity index (χ0n) is 18.3. The molecule has 3 aromatic heterocycles. The van der Waals surface area contributed by atoms with Crippen LogP contribution >= 0.6 is 15.9 Å². The number of benzene rings is 1. The van der Waals surface area contributed by atoms with Gasteiger partial charge in [-0.2, -0.15) is 10.4 Å². The Labute approximate surface area is 203 Å². The van der Waals surface area contributed by atoms with Crippen LogP contribution in [0.2, 0.25) is 0 Å². The minimum atomic E-state index is -0.610. The second kappa shape index (κ2) is 9.99. The summed E-state index contributed by atoms with van der Waals surface area (Å²) < 4.78 is 21.1. The van der Waals surface area contributed by atoms with Gasteiger partial charge >= 0.3 is 0 Å². The molecule has 0 spiro atoms. The van der Waals surface area contributed by atoms with E-state index < -0.39 is 11.9 Å². The zero-order valence-corrected chi connectivity index (χ0v) is 19.9. The largest absolute Gasteiger partial charge is 0.482 e. The zero-order chi connectivity index (χ0) is 24.2. The average Bonchev–Trinajstić information content (AvgIpc) is 3.28. The molecule has 1 aromatic carbocycles. The predicted molar refractivity (Wildman–Crippen MR) is 127 cm³/mol. The van der Waals surface area contributed by atoms with Crippen LogP contribution in [0.3, 0.4) is 0 Å². The molecule has 34 heavy (non-hydrogen) atoms. The van der Waals surface area contributed by atoms with Crippen LogP contribution in [0, 0.1) is 24.1 Å². The summed E-state index contributed by atoms with van der Waals surface area (Å²) in [6.45, 7) is 3.66. The molecule has 0 aliphatic heterocycles. The second-order valence-corrected chi connectivity index (χ2v) is 8.55. The molecule has 0 saturated carbocycles. The Morgan fingerprint density at radius 2 is 2.09 bits per heavy atom. The maximum Gasteiger partial charge on any atom is 0.192 e. The number of aromatic amines is 1. The Kier molecular flexibility index (Phi) is 6.86. The van der Waals surface area contributed by atoms with Crippen molar-refractivity contribution in [2.75, 3.05) is 5.48 Å². The minimum absolute atomic E-state index is 0.134.